The Morgan fingerprint density at radius 3 is 2.51 bits per heavy atom. The van der Waals surface area contributed by atoms with Crippen LogP contribution in [0.3, 0.4) is 0 Å². The molecule has 0 unspecified atom stereocenters. The van der Waals surface area contributed by atoms with Crippen LogP contribution in [0.25, 0.3) is 0 Å². The number of hydrogen-bond donors (Lipinski definition) is 2. The van der Waals surface area contributed by atoms with Gasteiger partial charge in [-0.05, 0) is 17.2 Å². The topological polar surface area (TPSA) is 115 Å². The van der Waals surface area contributed by atoms with Gasteiger partial charge in [-0.1, -0.05) is 24.3 Å². The number of carbonyl (C=O) groups is 1. The first-order valence-corrected chi connectivity index (χ1v) is 13.1. The molecule has 1 aliphatic rings. The molecular formula is C29H29F5N6O3. The van der Waals surface area contributed by atoms with Crippen molar-refractivity contribution in [1.82, 2.24) is 19.8 Å². The van der Waals surface area contributed by atoms with Gasteiger partial charge in [0.25, 0.3) is 11.5 Å². The third-order valence-electron chi connectivity index (χ3n) is 6.74. The molecule has 0 bridgehead atoms. The number of aromatic nitrogens is 2. The van der Waals surface area contributed by atoms with Crippen LogP contribution in [0.2, 0.25) is 0 Å². The van der Waals surface area contributed by atoms with Crippen molar-refractivity contribution in [3.05, 3.63) is 105 Å². The Morgan fingerprint density at radius 1 is 1.14 bits per heavy atom. The van der Waals surface area contributed by atoms with Crippen LogP contribution in [0, 0.1) is 17.6 Å². The molecule has 14 heteroatoms. The summed E-state index contributed by atoms with van der Waals surface area (Å²) in [5.74, 6) is -2.53. The van der Waals surface area contributed by atoms with Gasteiger partial charge in [-0.15, -0.1) is 0 Å². The van der Waals surface area contributed by atoms with Crippen LogP contribution in [0.15, 0.2) is 75.9 Å². The van der Waals surface area contributed by atoms with Crippen LogP contribution in [0.1, 0.15) is 16.8 Å². The fourth-order valence-corrected chi connectivity index (χ4v) is 4.46. The number of hydrogen-bond acceptors (Lipinski definition) is 7. The monoisotopic (exact) mass is 604 g/mol. The number of rotatable bonds is 11. The van der Waals surface area contributed by atoms with Crippen molar-refractivity contribution in [1.29, 1.82) is 0 Å². The number of amides is 1. The van der Waals surface area contributed by atoms with Gasteiger partial charge in [0, 0.05) is 55.4 Å². The van der Waals surface area contributed by atoms with E-state index in [2.05, 4.69) is 15.3 Å². The molecule has 1 fully saturated rings. The van der Waals surface area contributed by atoms with Crippen molar-refractivity contribution >= 4 is 12.1 Å². The van der Waals surface area contributed by atoms with Crippen molar-refractivity contribution in [3.8, 4) is 5.75 Å². The average Bonchev–Trinajstić information content (AvgIpc) is 2.94. The minimum atomic E-state index is -4.36. The summed E-state index contributed by atoms with van der Waals surface area (Å²) in [6.45, 7) is -1.07. The van der Waals surface area contributed by atoms with Gasteiger partial charge in [0.15, 0.2) is 11.6 Å². The van der Waals surface area contributed by atoms with Gasteiger partial charge in [0.05, 0.1) is 44.6 Å². The molecule has 3 aromatic rings. The third-order valence-corrected chi connectivity index (χ3v) is 6.74. The normalized spacial score (nSPS) is 14.8. The summed E-state index contributed by atoms with van der Waals surface area (Å²) >= 11 is 0. The molecule has 1 saturated heterocycles. The zero-order chi connectivity index (χ0) is 31.1. The van der Waals surface area contributed by atoms with Crippen molar-refractivity contribution in [2.75, 3.05) is 26.7 Å². The average molecular weight is 605 g/mol. The molecule has 9 nitrogen and oxygen atoms in total. The number of pyridine rings is 2. The second-order valence-electron chi connectivity index (χ2n) is 9.93. The molecule has 0 saturated carbocycles. The number of alkyl halides is 3. The Kier molecular flexibility index (Phi) is 9.91. The summed E-state index contributed by atoms with van der Waals surface area (Å²) in [6, 6.07) is 10.6. The molecule has 4 rings (SSSR count). The Labute approximate surface area is 243 Å². The summed E-state index contributed by atoms with van der Waals surface area (Å²) in [5.41, 5.74) is 7.32. The first kappa shape index (κ1) is 31.3. The van der Waals surface area contributed by atoms with Gasteiger partial charge in [-0.3, -0.25) is 24.5 Å². The second kappa shape index (κ2) is 13.6. The lowest BCUT2D eigenvalue weighted by molar-refractivity contribution is -0.157. The number of nitrogens with two attached hydrogens (primary N) is 1. The van der Waals surface area contributed by atoms with E-state index in [0.717, 1.165) is 29.5 Å². The van der Waals surface area contributed by atoms with Crippen molar-refractivity contribution in [2.45, 2.75) is 25.8 Å². The highest BCUT2D eigenvalue weighted by molar-refractivity contribution is 6.12. The Bertz CT molecular complexity index is 1560. The van der Waals surface area contributed by atoms with E-state index in [1.807, 2.05) is 0 Å². The number of nitrogens with one attached hydrogen (secondary N) is 1. The van der Waals surface area contributed by atoms with E-state index in [4.69, 9.17) is 10.5 Å². The number of ether oxygens (including phenoxy) is 1. The quantitative estimate of drug-likeness (QED) is 0.198. The van der Waals surface area contributed by atoms with Gasteiger partial charge >= 0.3 is 6.18 Å². The molecule has 0 atom stereocenters. The van der Waals surface area contributed by atoms with E-state index in [1.165, 1.54) is 35.1 Å². The maximum absolute atomic E-state index is 14.5. The first-order chi connectivity index (χ1) is 20.4. The van der Waals surface area contributed by atoms with Crippen LogP contribution in [0.4, 0.5) is 22.0 Å². The first-order valence-electron chi connectivity index (χ1n) is 13.1. The zero-order valence-corrected chi connectivity index (χ0v) is 23.1. The van der Waals surface area contributed by atoms with Gasteiger partial charge in [0.1, 0.15) is 5.82 Å². The smallest absolute Gasteiger partial charge is 0.401 e. The largest absolute Gasteiger partial charge is 0.494 e. The molecule has 3 N–H and O–H groups in total. The van der Waals surface area contributed by atoms with Crippen LogP contribution < -0.4 is 21.3 Å². The minimum Gasteiger partial charge on any atom is -0.494 e. The summed E-state index contributed by atoms with van der Waals surface area (Å²) < 4.78 is 72.4. The molecule has 1 amide bonds. The molecule has 1 aromatic carbocycles. The van der Waals surface area contributed by atoms with E-state index in [9.17, 15) is 31.5 Å². The maximum atomic E-state index is 14.5. The van der Waals surface area contributed by atoms with E-state index in [1.54, 1.807) is 24.3 Å². The highest BCUT2D eigenvalue weighted by atomic mass is 19.4. The van der Waals surface area contributed by atoms with Crippen LogP contribution in [0.5, 0.6) is 5.75 Å². The fraction of sp³-hybridized carbons (Fsp3) is 0.310. The molecule has 0 spiro atoms. The van der Waals surface area contributed by atoms with Crippen LogP contribution in [-0.2, 0) is 24.4 Å². The van der Waals surface area contributed by atoms with Gasteiger partial charge < -0.3 is 20.4 Å². The summed E-state index contributed by atoms with van der Waals surface area (Å²) in [4.78, 5) is 34.4. The lowest BCUT2D eigenvalue weighted by atomic mass is 9.93. The standard InChI is InChI=1S/C29H29F5N6O3/c1-43-24-8-9-37-23(26(24)31)12-38-28(42)22(27(35)20-14-39(15-20)17-29(32,33)34)11-36-10-18-2-4-19(5-3-18)13-40-16-21(30)6-7-25(40)41/h2-9,11,16,20H,10,12-15,17,35H2,1H3,(H,38,42). The van der Waals surface area contributed by atoms with Gasteiger partial charge in [-0.25, -0.2) is 8.78 Å². The Hall–Kier alpha value is -4.59. The summed E-state index contributed by atoms with van der Waals surface area (Å²) in [5, 5.41) is 2.54. The number of nitrogens with zero attached hydrogens (tertiary/aromatic N) is 4. The molecule has 1 aliphatic heterocycles. The highest BCUT2D eigenvalue weighted by Crippen LogP contribution is 2.27. The van der Waals surface area contributed by atoms with Crippen molar-refractivity contribution in [3.63, 3.8) is 0 Å². The second-order valence-corrected chi connectivity index (χ2v) is 9.93. The number of carbonyl (C=O) groups excluding carboxylic acids is 1. The molecule has 228 valence electrons. The minimum absolute atomic E-state index is 0.0118. The number of methoxy groups -OCH3 is 1. The number of benzene rings is 1. The zero-order valence-electron chi connectivity index (χ0n) is 23.1. The molecular weight excluding hydrogens is 575 g/mol. The number of halogens is 5. The summed E-state index contributed by atoms with van der Waals surface area (Å²) in [6.07, 6.45) is -0.678. The maximum Gasteiger partial charge on any atom is 0.401 e. The fourth-order valence-electron chi connectivity index (χ4n) is 4.46. The highest BCUT2D eigenvalue weighted by Gasteiger charge is 2.38. The number of aliphatic imine (C=N–C) groups is 1. The van der Waals surface area contributed by atoms with Gasteiger partial charge in [0.2, 0.25) is 0 Å². The summed E-state index contributed by atoms with van der Waals surface area (Å²) in [7, 11) is 1.29. The van der Waals surface area contributed by atoms with E-state index >= 15 is 0 Å². The lowest BCUT2D eigenvalue weighted by Gasteiger charge is -2.40. The molecule has 2 aromatic heterocycles. The van der Waals surface area contributed by atoms with E-state index in [0.29, 0.717) is 0 Å². The Balaban J connectivity index is 1.46. The Morgan fingerprint density at radius 2 is 1.84 bits per heavy atom. The predicted molar refractivity (Wildman–Crippen MR) is 148 cm³/mol. The van der Waals surface area contributed by atoms with Gasteiger partial charge in [-0.2, -0.15) is 13.2 Å². The van der Waals surface area contributed by atoms with Crippen molar-refractivity contribution < 1.29 is 31.5 Å². The van der Waals surface area contributed by atoms with Crippen molar-refractivity contribution in [2.24, 2.45) is 16.6 Å². The molecule has 0 aliphatic carbocycles. The van der Waals surface area contributed by atoms with Crippen LogP contribution >= 0.6 is 0 Å². The molecule has 43 heavy (non-hydrogen) atoms. The lowest BCUT2D eigenvalue weighted by Crippen LogP contribution is -2.52. The van der Waals surface area contributed by atoms with E-state index < -0.39 is 36.2 Å². The SMILES string of the molecule is COc1ccnc(CNC(=O)C(C=NCc2ccc(Cn3cc(F)ccc3=O)cc2)=C(N)C2CN(CC(F)(F)F)C2)c1F. The van der Waals surface area contributed by atoms with Crippen LogP contribution in [-0.4, -0.2) is 59.5 Å². The predicted octanol–water partition coefficient (Wildman–Crippen LogP) is 3.17. The van der Waals surface area contributed by atoms with E-state index in [-0.39, 0.29) is 61.0 Å². The molecule has 0 radical (unpaired) electrons. The third kappa shape index (κ3) is 8.47. The molecule has 3 heterocycles. The number of likely N-dealkylation sites (tertiary alicyclic amines) is 1.